The molecule has 3 aliphatic rings. The average Bonchev–Trinajstić information content (AvgIpc) is 3.14. The lowest BCUT2D eigenvalue weighted by Gasteiger charge is -2.53. The van der Waals surface area contributed by atoms with Crippen molar-refractivity contribution in [1.82, 2.24) is 4.98 Å². The van der Waals surface area contributed by atoms with E-state index >= 15 is 0 Å². The van der Waals surface area contributed by atoms with Gasteiger partial charge >= 0.3 is 0 Å². The first-order valence-corrected chi connectivity index (χ1v) is 12.8. The molecule has 1 N–H and O–H groups in total. The largest absolute Gasteiger partial charge is 0.389 e. The first kappa shape index (κ1) is 21.6. The molecule has 2 saturated carbocycles. The molecule has 1 aromatic heterocycles. The lowest BCUT2D eigenvalue weighted by molar-refractivity contribution is -0.102. The van der Waals surface area contributed by atoms with Crippen molar-refractivity contribution in [2.45, 2.75) is 63.4 Å². The summed E-state index contributed by atoms with van der Waals surface area (Å²) in [6.07, 6.45) is 10.9. The summed E-state index contributed by atoms with van der Waals surface area (Å²) < 4.78 is 0. The van der Waals surface area contributed by atoms with Gasteiger partial charge in [0.2, 0.25) is 0 Å². The van der Waals surface area contributed by atoms with Gasteiger partial charge in [0.1, 0.15) is 0 Å². The van der Waals surface area contributed by atoms with E-state index in [0.29, 0.717) is 17.8 Å². The van der Waals surface area contributed by atoms with Gasteiger partial charge in [0, 0.05) is 18.8 Å². The van der Waals surface area contributed by atoms with Gasteiger partial charge in [0.25, 0.3) is 0 Å². The Kier molecular flexibility index (Phi) is 5.12. The van der Waals surface area contributed by atoms with Crippen LogP contribution in [0.3, 0.4) is 0 Å². The molecule has 0 amide bonds. The van der Waals surface area contributed by atoms with E-state index in [1.165, 1.54) is 34.2 Å². The van der Waals surface area contributed by atoms with Crippen molar-refractivity contribution in [1.29, 1.82) is 5.26 Å². The minimum atomic E-state index is -0.647. The van der Waals surface area contributed by atoms with Gasteiger partial charge in [-0.2, -0.15) is 5.26 Å². The van der Waals surface area contributed by atoms with Gasteiger partial charge in [-0.3, -0.25) is 4.98 Å². The number of aryl methyl sites for hydroxylation is 1. The summed E-state index contributed by atoms with van der Waals surface area (Å²) in [5.41, 5.74) is 6.53. The molecule has 6 rings (SSSR count). The molecule has 2 aromatic carbocycles. The number of rotatable bonds is 3. The topological polar surface area (TPSA) is 56.9 Å². The quantitative estimate of drug-likeness (QED) is 0.501. The van der Waals surface area contributed by atoms with Crippen LogP contribution in [0.4, 0.5) is 0 Å². The number of hydrogen-bond acceptors (Lipinski definition) is 3. The smallest absolute Gasteiger partial charge is 0.0991 e. The summed E-state index contributed by atoms with van der Waals surface area (Å²) in [6, 6.07) is 21.4. The van der Waals surface area contributed by atoms with Crippen LogP contribution >= 0.6 is 0 Å². The van der Waals surface area contributed by atoms with Crippen LogP contribution in [0.2, 0.25) is 0 Å². The van der Waals surface area contributed by atoms with E-state index in [2.05, 4.69) is 54.4 Å². The normalized spacial score (nSPS) is 31.7. The molecule has 3 aliphatic carbocycles. The Hall–Kier alpha value is -2.96. The number of nitrogens with zero attached hydrogens (tertiary/aromatic N) is 2. The number of pyridine rings is 1. The fraction of sp³-hybridized carbons (Fsp3) is 0.419. The standard InChI is InChI=1S/C31H32N2O/c1-30-14-10-27-26-8-4-22(20-32)18-25(26)7-9-28(27)29(30)11-15-31(30,34)19-21-2-5-23(6-3-21)24-12-16-33-17-13-24/h2-6,8,12-13,16-18,27-29,34H,7,9-11,14-15,19H2,1H3/t27?,28?,29?,30-,31+/m0/s1. The molecule has 3 aromatic rings. The molecule has 1 heterocycles. The van der Waals surface area contributed by atoms with E-state index in [1.807, 2.05) is 30.6 Å². The number of aliphatic hydroxyl groups is 1. The maximum absolute atomic E-state index is 12.1. The monoisotopic (exact) mass is 448 g/mol. The summed E-state index contributed by atoms with van der Waals surface area (Å²) in [4.78, 5) is 4.12. The van der Waals surface area contributed by atoms with Crippen LogP contribution in [0.15, 0.2) is 67.0 Å². The fourth-order valence-electron chi connectivity index (χ4n) is 7.75. The summed E-state index contributed by atoms with van der Waals surface area (Å²) in [5.74, 6) is 1.79. The second-order valence-electron chi connectivity index (χ2n) is 11.1. The lowest BCUT2D eigenvalue weighted by Crippen LogP contribution is -2.51. The highest BCUT2D eigenvalue weighted by Gasteiger charge is 2.61. The summed E-state index contributed by atoms with van der Waals surface area (Å²) in [5, 5.41) is 21.4. The lowest BCUT2D eigenvalue weighted by atomic mass is 9.52. The van der Waals surface area contributed by atoms with Crippen LogP contribution in [0, 0.1) is 28.6 Å². The van der Waals surface area contributed by atoms with Crippen LogP contribution in [-0.2, 0) is 12.8 Å². The van der Waals surface area contributed by atoms with Crippen LogP contribution in [0.1, 0.15) is 67.2 Å². The van der Waals surface area contributed by atoms with Gasteiger partial charge in [-0.25, -0.2) is 0 Å². The molecule has 3 unspecified atom stereocenters. The molecule has 0 saturated heterocycles. The van der Waals surface area contributed by atoms with Crippen molar-refractivity contribution >= 4 is 0 Å². The Bertz CT molecular complexity index is 1240. The Labute approximate surface area is 202 Å². The zero-order valence-corrected chi connectivity index (χ0v) is 19.9. The molecule has 2 fully saturated rings. The molecule has 3 heteroatoms. The third-order valence-corrected chi connectivity index (χ3v) is 9.64. The van der Waals surface area contributed by atoms with Gasteiger partial charge in [-0.15, -0.1) is 0 Å². The maximum Gasteiger partial charge on any atom is 0.0991 e. The van der Waals surface area contributed by atoms with Crippen LogP contribution in [0.5, 0.6) is 0 Å². The van der Waals surface area contributed by atoms with E-state index < -0.39 is 5.60 Å². The molecule has 3 nitrogen and oxygen atoms in total. The fourth-order valence-corrected chi connectivity index (χ4v) is 7.75. The number of fused-ring (bicyclic) bond motifs is 5. The van der Waals surface area contributed by atoms with Crippen LogP contribution in [-0.4, -0.2) is 15.7 Å². The molecule has 0 radical (unpaired) electrons. The Morgan fingerprint density at radius 3 is 2.50 bits per heavy atom. The molecular formula is C31H32N2O. The first-order valence-electron chi connectivity index (χ1n) is 12.8. The van der Waals surface area contributed by atoms with E-state index in [1.54, 1.807) is 0 Å². The van der Waals surface area contributed by atoms with Gasteiger partial charge in [0.05, 0.1) is 17.2 Å². The summed E-state index contributed by atoms with van der Waals surface area (Å²) in [6.45, 7) is 2.38. The van der Waals surface area contributed by atoms with Crippen LogP contribution in [0.25, 0.3) is 11.1 Å². The summed E-state index contributed by atoms with van der Waals surface area (Å²) >= 11 is 0. The number of aromatic nitrogens is 1. The number of nitriles is 1. The third kappa shape index (κ3) is 3.31. The second kappa shape index (κ2) is 8.07. The van der Waals surface area contributed by atoms with E-state index in [4.69, 9.17) is 0 Å². The van der Waals surface area contributed by atoms with Crippen molar-refractivity contribution < 1.29 is 5.11 Å². The molecule has 0 spiro atoms. The van der Waals surface area contributed by atoms with Crippen molar-refractivity contribution in [3.63, 3.8) is 0 Å². The summed E-state index contributed by atoms with van der Waals surface area (Å²) in [7, 11) is 0. The highest BCUT2D eigenvalue weighted by atomic mass is 16.3. The number of hydrogen-bond donors (Lipinski definition) is 1. The SMILES string of the molecule is C[C@]12CCC3c4ccc(C#N)cc4CCC3C1CC[C@@]2(O)Cc1ccc(-c2ccncc2)cc1. The molecule has 172 valence electrons. The Balaban J connectivity index is 1.24. The molecule has 0 aliphatic heterocycles. The van der Waals surface area contributed by atoms with Crippen molar-refractivity contribution in [3.8, 4) is 17.2 Å². The number of benzene rings is 2. The molecule has 0 bridgehead atoms. The van der Waals surface area contributed by atoms with Gasteiger partial charge in [-0.05, 0) is 114 Å². The second-order valence-corrected chi connectivity index (χ2v) is 11.1. The highest BCUT2D eigenvalue weighted by molar-refractivity contribution is 5.62. The third-order valence-electron chi connectivity index (χ3n) is 9.64. The zero-order chi connectivity index (χ0) is 23.3. The van der Waals surface area contributed by atoms with Gasteiger partial charge in [-0.1, -0.05) is 37.3 Å². The van der Waals surface area contributed by atoms with E-state index in [-0.39, 0.29) is 5.41 Å². The average molecular weight is 449 g/mol. The van der Waals surface area contributed by atoms with Crippen molar-refractivity contribution in [2.24, 2.45) is 17.3 Å². The predicted octanol–water partition coefficient (Wildman–Crippen LogP) is 6.45. The Morgan fingerprint density at radius 1 is 0.971 bits per heavy atom. The minimum absolute atomic E-state index is 0.0396. The molecule has 34 heavy (non-hydrogen) atoms. The molecular weight excluding hydrogens is 416 g/mol. The van der Waals surface area contributed by atoms with Gasteiger partial charge < -0.3 is 5.11 Å². The van der Waals surface area contributed by atoms with Crippen molar-refractivity contribution in [3.05, 3.63) is 89.2 Å². The highest BCUT2D eigenvalue weighted by Crippen LogP contribution is 2.64. The Morgan fingerprint density at radius 2 is 1.74 bits per heavy atom. The minimum Gasteiger partial charge on any atom is -0.389 e. The van der Waals surface area contributed by atoms with Gasteiger partial charge in [0.15, 0.2) is 0 Å². The molecule has 5 atom stereocenters. The van der Waals surface area contributed by atoms with Crippen LogP contribution < -0.4 is 0 Å². The van der Waals surface area contributed by atoms with Crippen molar-refractivity contribution in [2.75, 3.05) is 0 Å². The maximum atomic E-state index is 12.1. The van der Waals surface area contributed by atoms with E-state index in [0.717, 1.165) is 44.1 Å². The predicted molar refractivity (Wildman–Crippen MR) is 134 cm³/mol. The van der Waals surface area contributed by atoms with E-state index in [9.17, 15) is 10.4 Å². The zero-order valence-electron chi connectivity index (χ0n) is 19.9. The first-order chi connectivity index (χ1) is 16.5.